The van der Waals surface area contributed by atoms with Crippen LogP contribution < -0.4 is 12.4 Å². The topological polar surface area (TPSA) is 28.7 Å². The fraction of sp³-hybridized carbons (Fsp3) is 0. The Hall–Kier alpha value is 0.0195. The molecule has 2 nitrogen and oxygen atoms in total. The van der Waals surface area contributed by atoms with Crippen LogP contribution in [-0.2, 0) is 17.1 Å². The Kier molecular flexibility index (Phi) is 8.68. The summed E-state index contributed by atoms with van der Waals surface area (Å²) >= 11 is 0. The molecular formula is C3H4ClCuN2. The first-order valence-corrected chi connectivity index (χ1v) is 1.43. The first-order chi connectivity index (χ1) is 2.50. The Morgan fingerprint density at radius 1 is 1.43 bits per heavy atom. The van der Waals surface area contributed by atoms with Crippen molar-refractivity contribution in [3.8, 4) is 0 Å². The Morgan fingerprint density at radius 3 is 2.29 bits per heavy atom. The molecule has 1 aromatic heterocycles. The maximum Gasteiger partial charge on any atom is 1.00 e. The van der Waals surface area contributed by atoms with Crippen molar-refractivity contribution in [2.24, 2.45) is 0 Å². The number of H-pyrrole nitrogens is 1. The summed E-state index contributed by atoms with van der Waals surface area (Å²) in [7, 11) is 0. The quantitative estimate of drug-likeness (QED) is 0.422. The maximum absolute atomic E-state index is 3.67. The van der Waals surface area contributed by atoms with E-state index < -0.39 is 0 Å². The van der Waals surface area contributed by atoms with Crippen molar-refractivity contribution in [1.82, 2.24) is 9.97 Å². The molecule has 1 aromatic rings. The Balaban J connectivity index is 0. The minimum atomic E-state index is 0. The number of aromatic amines is 1. The molecular weight excluding hydrogens is 163 g/mol. The van der Waals surface area contributed by atoms with E-state index in [1.54, 1.807) is 18.7 Å². The SMILES string of the molecule is [Cl-].[Cu+].c1c[nH]cn1. The van der Waals surface area contributed by atoms with Gasteiger partial charge in [0, 0.05) is 12.4 Å². The van der Waals surface area contributed by atoms with Gasteiger partial charge in [-0.15, -0.1) is 0 Å². The van der Waals surface area contributed by atoms with E-state index in [1.165, 1.54) is 0 Å². The number of rotatable bonds is 0. The molecule has 1 rings (SSSR count). The van der Waals surface area contributed by atoms with Gasteiger partial charge >= 0.3 is 17.1 Å². The Labute approximate surface area is 58.6 Å². The second-order valence-electron chi connectivity index (χ2n) is 0.761. The minimum Gasteiger partial charge on any atom is -1.00 e. The molecule has 44 valence electrons. The van der Waals surface area contributed by atoms with Gasteiger partial charge in [0.2, 0.25) is 0 Å². The zero-order valence-corrected chi connectivity index (χ0v) is 5.06. The number of aromatic nitrogens is 2. The van der Waals surface area contributed by atoms with E-state index in [4.69, 9.17) is 0 Å². The van der Waals surface area contributed by atoms with E-state index in [-0.39, 0.29) is 29.5 Å². The van der Waals surface area contributed by atoms with Crippen LogP contribution >= 0.6 is 0 Å². The summed E-state index contributed by atoms with van der Waals surface area (Å²) in [6, 6.07) is 0. The van der Waals surface area contributed by atoms with E-state index in [1.807, 2.05) is 0 Å². The third-order valence-corrected chi connectivity index (χ3v) is 0.406. The van der Waals surface area contributed by atoms with Gasteiger partial charge in [-0.2, -0.15) is 0 Å². The molecule has 0 aliphatic rings. The Bertz CT molecular complexity index is 69.4. The van der Waals surface area contributed by atoms with E-state index >= 15 is 0 Å². The Morgan fingerprint density at radius 2 is 2.14 bits per heavy atom. The minimum absolute atomic E-state index is 0. The summed E-state index contributed by atoms with van der Waals surface area (Å²) in [6.45, 7) is 0. The third kappa shape index (κ3) is 3.86. The van der Waals surface area contributed by atoms with Crippen molar-refractivity contribution in [3.63, 3.8) is 0 Å². The van der Waals surface area contributed by atoms with E-state index in [0.29, 0.717) is 0 Å². The van der Waals surface area contributed by atoms with Crippen LogP contribution in [0.2, 0.25) is 0 Å². The molecule has 4 heteroatoms. The van der Waals surface area contributed by atoms with Crippen LogP contribution in [0.1, 0.15) is 0 Å². The van der Waals surface area contributed by atoms with Gasteiger partial charge in [0.15, 0.2) is 0 Å². The molecule has 7 heavy (non-hydrogen) atoms. The van der Waals surface area contributed by atoms with Crippen molar-refractivity contribution in [3.05, 3.63) is 18.7 Å². The first kappa shape index (κ1) is 10.1. The van der Waals surface area contributed by atoms with Crippen LogP contribution in [0.5, 0.6) is 0 Å². The molecule has 0 aromatic carbocycles. The van der Waals surface area contributed by atoms with Gasteiger partial charge in [0.1, 0.15) is 0 Å². The normalized spacial score (nSPS) is 5.71. The van der Waals surface area contributed by atoms with Crippen molar-refractivity contribution in [1.29, 1.82) is 0 Å². The van der Waals surface area contributed by atoms with Crippen LogP contribution in [0.15, 0.2) is 18.7 Å². The number of nitrogens with one attached hydrogen (secondary N) is 1. The molecule has 0 radical (unpaired) electrons. The second-order valence-corrected chi connectivity index (χ2v) is 0.761. The fourth-order valence-corrected chi connectivity index (χ4v) is 0.215. The number of halogens is 1. The predicted molar refractivity (Wildman–Crippen MR) is 18.6 cm³/mol. The standard InChI is InChI=1S/C3H4N2.ClH.Cu/c1-2-5-3-4-1;;/h1-3H,(H,4,5);1H;/q;;+1/p-1. The van der Waals surface area contributed by atoms with Crippen molar-refractivity contribution in [2.75, 3.05) is 0 Å². The number of hydrogen-bond donors (Lipinski definition) is 1. The number of hydrogen-bond acceptors (Lipinski definition) is 1. The zero-order valence-electron chi connectivity index (χ0n) is 3.36. The summed E-state index contributed by atoms with van der Waals surface area (Å²) < 4.78 is 0. The summed E-state index contributed by atoms with van der Waals surface area (Å²) in [5.74, 6) is 0. The van der Waals surface area contributed by atoms with E-state index in [9.17, 15) is 0 Å². The molecule has 0 saturated heterocycles. The average Bonchev–Trinajstić information content (AvgIpc) is 1.76. The smallest absolute Gasteiger partial charge is 1.00 e. The monoisotopic (exact) mass is 166 g/mol. The second kappa shape index (κ2) is 6.02. The molecule has 1 heterocycles. The summed E-state index contributed by atoms with van der Waals surface area (Å²) in [6.07, 6.45) is 5.08. The predicted octanol–water partition coefficient (Wildman–Crippen LogP) is -2.59. The molecule has 1 N–H and O–H groups in total. The number of imidazole rings is 1. The average molecular weight is 167 g/mol. The zero-order chi connectivity index (χ0) is 3.54. The summed E-state index contributed by atoms with van der Waals surface area (Å²) in [4.78, 5) is 6.42. The van der Waals surface area contributed by atoms with Gasteiger partial charge in [0.05, 0.1) is 6.33 Å². The van der Waals surface area contributed by atoms with Gasteiger partial charge in [-0.3, -0.25) is 0 Å². The molecule has 0 saturated carbocycles. The van der Waals surface area contributed by atoms with E-state index in [2.05, 4.69) is 9.97 Å². The fourth-order valence-electron chi connectivity index (χ4n) is 0.215. The molecule has 0 bridgehead atoms. The molecule has 0 fully saturated rings. The third-order valence-electron chi connectivity index (χ3n) is 0.406. The van der Waals surface area contributed by atoms with Crippen LogP contribution in [0.4, 0.5) is 0 Å². The molecule has 0 spiro atoms. The summed E-state index contributed by atoms with van der Waals surface area (Å²) in [5.41, 5.74) is 0. The van der Waals surface area contributed by atoms with Crippen LogP contribution in [0.25, 0.3) is 0 Å². The molecule has 0 atom stereocenters. The first-order valence-electron chi connectivity index (χ1n) is 1.43. The van der Waals surface area contributed by atoms with Crippen LogP contribution in [0, 0.1) is 0 Å². The van der Waals surface area contributed by atoms with Crippen molar-refractivity contribution >= 4 is 0 Å². The van der Waals surface area contributed by atoms with E-state index in [0.717, 1.165) is 0 Å². The van der Waals surface area contributed by atoms with Gasteiger partial charge in [0.25, 0.3) is 0 Å². The van der Waals surface area contributed by atoms with Crippen molar-refractivity contribution in [2.45, 2.75) is 0 Å². The van der Waals surface area contributed by atoms with Gasteiger partial charge in [-0.05, 0) is 0 Å². The van der Waals surface area contributed by atoms with Gasteiger partial charge < -0.3 is 17.4 Å². The largest absolute Gasteiger partial charge is 1.00 e. The van der Waals surface area contributed by atoms with Gasteiger partial charge in [-0.25, -0.2) is 4.98 Å². The van der Waals surface area contributed by atoms with Crippen molar-refractivity contribution < 1.29 is 29.5 Å². The molecule has 0 aliphatic carbocycles. The molecule has 0 amide bonds. The number of nitrogens with zero attached hydrogens (tertiary/aromatic N) is 1. The van der Waals surface area contributed by atoms with Gasteiger partial charge in [-0.1, -0.05) is 0 Å². The molecule has 0 aliphatic heterocycles. The van der Waals surface area contributed by atoms with Crippen LogP contribution in [0.3, 0.4) is 0 Å². The maximum atomic E-state index is 3.67. The van der Waals surface area contributed by atoms with Crippen LogP contribution in [-0.4, -0.2) is 9.97 Å². The summed E-state index contributed by atoms with van der Waals surface area (Å²) in [5, 5.41) is 0. The molecule has 0 unspecified atom stereocenters.